The number of aromatic nitrogens is 4. The molecule has 1 aliphatic heterocycles. The molecule has 3 aromatic rings. The van der Waals surface area contributed by atoms with E-state index in [1.807, 2.05) is 25.7 Å². The normalized spacial score (nSPS) is 14.9. The van der Waals surface area contributed by atoms with Gasteiger partial charge in [-0.1, -0.05) is 11.3 Å². The maximum absolute atomic E-state index is 12.6. The van der Waals surface area contributed by atoms with Crippen LogP contribution in [-0.2, 0) is 4.74 Å². The monoisotopic (exact) mass is 429 g/mol. The average Bonchev–Trinajstić information content (AvgIpc) is 3.12. The molecule has 0 aliphatic carbocycles. The Hall–Kier alpha value is -3.21. The molecule has 0 saturated carbocycles. The van der Waals surface area contributed by atoms with Crippen LogP contribution in [0.15, 0.2) is 29.3 Å². The zero-order valence-corrected chi connectivity index (χ0v) is 17.8. The average molecular weight is 430 g/mol. The number of hydrogen-bond acceptors (Lipinski definition) is 9. The van der Waals surface area contributed by atoms with Crippen LogP contribution < -0.4 is 16.2 Å². The fourth-order valence-corrected chi connectivity index (χ4v) is 3.98. The number of rotatable bonds is 2. The van der Waals surface area contributed by atoms with Crippen LogP contribution in [0.4, 0.5) is 16.3 Å². The number of nitrogen functional groups attached to an aromatic ring is 1. The number of carbonyl (C=O) groups is 1. The molecule has 1 fully saturated rings. The molecule has 0 atom stereocenters. The molecular formula is C19H23N7O3S. The van der Waals surface area contributed by atoms with Gasteiger partial charge in [0.1, 0.15) is 16.4 Å². The fourth-order valence-electron chi connectivity index (χ4n) is 3.10. The van der Waals surface area contributed by atoms with Crippen LogP contribution in [-0.4, -0.2) is 62.4 Å². The van der Waals surface area contributed by atoms with E-state index in [0.29, 0.717) is 47.7 Å². The molecule has 0 radical (unpaired) electrons. The van der Waals surface area contributed by atoms with Gasteiger partial charge in [-0.05, 0) is 26.8 Å². The second-order valence-electron chi connectivity index (χ2n) is 8.02. The summed E-state index contributed by atoms with van der Waals surface area (Å²) in [6.07, 6.45) is 2.88. The number of nitrogens with two attached hydrogens (primary N) is 1. The first-order valence-corrected chi connectivity index (χ1v) is 10.4. The van der Waals surface area contributed by atoms with Crippen molar-refractivity contribution in [3.05, 3.63) is 34.9 Å². The van der Waals surface area contributed by atoms with Gasteiger partial charge >= 0.3 is 6.09 Å². The topological polar surface area (TPSA) is 119 Å². The first-order chi connectivity index (χ1) is 14.2. The van der Waals surface area contributed by atoms with Crippen molar-refractivity contribution in [3.8, 4) is 10.6 Å². The standard InChI is InChI=1S/C19H23N7O3S/c1-19(2,3)29-18(28)25-6-4-24(5-7-25)14-9-15(27)26-17(22-14)30-16(23-26)12-8-13(20)11-21-10-12/h8-11H,4-7,20H2,1-3H3. The zero-order chi connectivity index (χ0) is 21.5. The lowest BCUT2D eigenvalue weighted by atomic mass is 10.2. The summed E-state index contributed by atoms with van der Waals surface area (Å²) in [6.45, 7) is 7.65. The van der Waals surface area contributed by atoms with Crippen LogP contribution in [0.2, 0.25) is 0 Å². The molecular weight excluding hydrogens is 406 g/mol. The van der Waals surface area contributed by atoms with Gasteiger partial charge in [0.25, 0.3) is 5.56 Å². The van der Waals surface area contributed by atoms with Crippen molar-refractivity contribution in [2.45, 2.75) is 26.4 Å². The Kier molecular flexibility index (Phi) is 5.06. The molecule has 11 heteroatoms. The summed E-state index contributed by atoms with van der Waals surface area (Å²) < 4.78 is 6.71. The summed E-state index contributed by atoms with van der Waals surface area (Å²) in [4.78, 5) is 37.7. The molecule has 0 unspecified atom stereocenters. The zero-order valence-electron chi connectivity index (χ0n) is 17.0. The van der Waals surface area contributed by atoms with Gasteiger partial charge in [-0.3, -0.25) is 9.78 Å². The van der Waals surface area contributed by atoms with Crippen molar-refractivity contribution in [3.63, 3.8) is 0 Å². The number of nitrogens with zero attached hydrogens (tertiary/aromatic N) is 6. The summed E-state index contributed by atoms with van der Waals surface area (Å²) >= 11 is 1.30. The number of piperazine rings is 1. The van der Waals surface area contributed by atoms with Gasteiger partial charge in [-0.15, -0.1) is 0 Å². The van der Waals surface area contributed by atoms with E-state index in [-0.39, 0.29) is 11.7 Å². The lowest BCUT2D eigenvalue weighted by Gasteiger charge is -2.36. The number of ether oxygens (including phenoxy) is 1. The van der Waals surface area contributed by atoms with E-state index in [4.69, 9.17) is 10.5 Å². The van der Waals surface area contributed by atoms with Crippen LogP contribution in [0.5, 0.6) is 0 Å². The van der Waals surface area contributed by atoms with E-state index in [9.17, 15) is 9.59 Å². The van der Waals surface area contributed by atoms with Crippen molar-refractivity contribution in [2.24, 2.45) is 0 Å². The number of amides is 1. The molecule has 2 N–H and O–H groups in total. The Balaban J connectivity index is 1.53. The van der Waals surface area contributed by atoms with Crippen LogP contribution in [0.1, 0.15) is 20.8 Å². The minimum Gasteiger partial charge on any atom is -0.444 e. The Morgan fingerprint density at radius 1 is 1.17 bits per heavy atom. The molecule has 0 bridgehead atoms. The van der Waals surface area contributed by atoms with Crippen LogP contribution in [0.3, 0.4) is 0 Å². The predicted octanol–water partition coefficient (Wildman–Crippen LogP) is 1.85. The lowest BCUT2D eigenvalue weighted by molar-refractivity contribution is 0.0240. The van der Waals surface area contributed by atoms with Crippen molar-refractivity contribution in [1.82, 2.24) is 24.5 Å². The molecule has 1 aliphatic rings. The summed E-state index contributed by atoms with van der Waals surface area (Å²) in [6, 6.07) is 3.23. The van der Waals surface area contributed by atoms with Crippen molar-refractivity contribution < 1.29 is 9.53 Å². The molecule has 158 valence electrons. The third-order valence-electron chi connectivity index (χ3n) is 4.49. The van der Waals surface area contributed by atoms with Gasteiger partial charge in [0.05, 0.1) is 5.69 Å². The van der Waals surface area contributed by atoms with Crippen molar-refractivity contribution >= 4 is 33.9 Å². The second kappa shape index (κ2) is 7.56. The largest absolute Gasteiger partial charge is 0.444 e. The predicted molar refractivity (Wildman–Crippen MR) is 115 cm³/mol. The van der Waals surface area contributed by atoms with E-state index in [0.717, 1.165) is 5.56 Å². The fraction of sp³-hybridized carbons (Fsp3) is 0.421. The molecule has 0 spiro atoms. The first kappa shape index (κ1) is 20.1. The highest BCUT2D eigenvalue weighted by molar-refractivity contribution is 7.19. The Morgan fingerprint density at radius 3 is 2.57 bits per heavy atom. The van der Waals surface area contributed by atoms with E-state index < -0.39 is 5.60 Å². The summed E-state index contributed by atoms with van der Waals surface area (Å²) in [5.41, 5.74) is 6.26. The molecule has 1 amide bonds. The van der Waals surface area contributed by atoms with E-state index in [2.05, 4.69) is 15.1 Å². The maximum atomic E-state index is 12.6. The number of carbonyl (C=O) groups excluding carboxylic acids is 1. The molecule has 4 heterocycles. The van der Waals surface area contributed by atoms with Crippen LogP contribution >= 0.6 is 11.3 Å². The molecule has 10 nitrogen and oxygen atoms in total. The number of hydrogen-bond donors (Lipinski definition) is 1. The molecule has 0 aromatic carbocycles. The Morgan fingerprint density at radius 2 is 1.90 bits per heavy atom. The smallest absolute Gasteiger partial charge is 0.410 e. The Labute approximate surface area is 176 Å². The third kappa shape index (κ3) is 4.20. The molecule has 1 saturated heterocycles. The molecule has 3 aromatic heterocycles. The number of anilines is 2. The minimum absolute atomic E-state index is 0.260. The van der Waals surface area contributed by atoms with E-state index in [1.54, 1.807) is 23.4 Å². The number of pyridine rings is 1. The van der Waals surface area contributed by atoms with Crippen LogP contribution in [0.25, 0.3) is 15.5 Å². The molecule has 4 rings (SSSR count). The summed E-state index contributed by atoms with van der Waals surface area (Å²) in [7, 11) is 0. The highest BCUT2D eigenvalue weighted by Crippen LogP contribution is 2.26. The van der Waals surface area contributed by atoms with Gasteiger partial charge in [0.2, 0.25) is 4.96 Å². The quantitative estimate of drug-likeness (QED) is 0.656. The van der Waals surface area contributed by atoms with E-state index >= 15 is 0 Å². The van der Waals surface area contributed by atoms with Crippen molar-refractivity contribution in [2.75, 3.05) is 36.8 Å². The Bertz CT molecular complexity index is 1140. The second-order valence-corrected chi connectivity index (χ2v) is 8.97. The van der Waals surface area contributed by atoms with E-state index in [1.165, 1.54) is 21.9 Å². The highest BCUT2D eigenvalue weighted by atomic mass is 32.1. The van der Waals surface area contributed by atoms with Gasteiger partial charge in [0, 0.05) is 50.2 Å². The lowest BCUT2D eigenvalue weighted by Crippen LogP contribution is -2.50. The number of fused-ring (bicyclic) bond motifs is 1. The highest BCUT2D eigenvalue weighted by Gasteiger charge is 2.27. The van der Waals surface area contributed by atoms with Gasteiger partial charge in [0.15, 0.2) is 0 Å². The van der Waals surface area contributed by atoms with Gasteiger partial charge in [-0.2, -0.15) is 9.61 Å². The van der Waals surface area contributed by atoms with Gasteiger partial charge in [-0.25, -0.2) is 9.78 Å². The van der Waals surface area contributed by atoms with Crippen molar-refractivity contribution in [1.29, 1.82) is 0 Å². The maximum Gasteiger partial charge on any atom is 0.410 e. The third-order valence-corrected chi connectivity index (χ3v) is 5.45. The minimum atomic E-state index is -0.529. The van der Waals surface area contributed by atoms with Crippen LogP contribution in [0, 0.1) is 0 Å². The SMILES string of the molecule is CC(C)(C)OC(=O)N1CCN(c2cc(=O)n3nc(-c4cncc(N)c4)sc3n2)CC1. The molecule has 30 heavy (non-hydrogen) atoms. The summed E-state index contributed by atoms with van der Waals surface area (Å²) in [5, 5.41) is 4.97. The first-order valence-electron chi connectivity index (χ1n) is 9.54. The summed E-state index contributed by atoms with van der Waals surface area (Å²) in [5.74, 6) is 0.574. The van der Waals surface area contributed by atoms with Gasteiger partial charge < -0.3 is 20.3 Å².